The quantitative estimate of drug-likeness (QED) is 0.486. The summed E-state index contributed by atoms with van der Waals surface area (Å²) in [4.78, 5) is 62.2. The number of hydrogen-bond acceptors (Lipinski definition) is 5. The van der Waals surface area contributed by atoms with Crippen LogP contribution in [0.4, 0.5) is 14.4 Å². The van der Waals surface area contributed by atoms with Crippen molar-refractivity contribution in [1.82, 2.24) is 19.6 Å². The number of carboxylic acid groups (broad SMARTS) is 4. The topological polar surface area (TPSA) is 179 Å². The molecule has 1 aliphatic heterocycles. The summed E-state index contributed by atoms with van der Waals surface area (Å²) in [5.41, 5.74) is 0. The summed E-state index contributed by atoms with van der Waals surface area (Å²) in [7, 11) is 0. The molecule has 0 bridgehead atoms. The van der Waals surface area contributed by atoms with Gasteiger partial charge in [-0.15, -0.1) is 0 Å². The Balaban J connectivity index is 2.89. The van der Waals surface area contributed by atoms with E-state index in [4.69, 9.17) is 5.11 Å². The van der Waals surface area contributed by atoms with Crippen LogP contribution in [0, 0.1) is 0 Å². The highest BCUT2D eigenvalue weighted by Crippen LogP contribution is 2.07. The zero-order valence-corrected chi connectivity index (χ0v) is 17.3. The Hall–Kier alpha value is -3.25. The van der Waals surface area contributed by atoms with Crippen molar-refractivity contribution >= 4 is 30.2 Å². The summed E-state index contributed by atoms with van der Waals surface area (Å²) in [5, 5.41) is 36.8. The zero-order chi connectivity index (χ0) is 23.4. The summed E-state index contributed by atoms with van der Waals surface area (Å²) in [5.74, 6) is -1.34. The molecule has 13 heteroatoms. The van der Waals surface area contributed by atoms with Gasteiger partial charge in [-0.05, 0) is 19.3 Å². The van der Waals surface area contributed by atoms with Crippen LogP contribution >= 0.6 is 0 Å². The SMILES string of the molecule is O=C(O)CCCC(=O)N1CCCN(C(=O)O)CCN(C(=O)O)CCCN(C(=O)O)CC1. The van der Waals surface area contributed by atoms with E-state index in [0.29, 0.717) is 0 Å². The predicted molar refractivity (Wildman–Crippen MR) is 106 cm³/mol. The Morgan fingerprint density at radius 2 is 0.871 bits per heavy atom. The van der Waals surface area contributed by atoms with Gasteiger partial charge in [0.05, 0.1) is 0 Å². The molecule has 1 fully saturated rings. The maximum atomic E-state index is 12.5. The molecule has 0 aromatic rings. The summed E-state index contributed by atoms with van der Waals surface area (Å²) in [6, 6.07) is 0. The molecule has 0 spiro atoms. The van der Waals surface area contributed by atoms with Crippen LogP contribution in [0.15, 0.2) is 0 Å². The van der Waals surface area contributed by atoms with Crippen molar-refractivity contribution in [3.63, 3.8) is 0 Å². The Bertz CT molecular complexity index is 658. The molecule has 1 saturated heterocycles. The highest BCUT2D eigenvalue weighted by atomic mass is 16.4. The smallest absolute Gasteiger partial charge is 0.407 e. The van der Waals surface area contributed by atoms with Crippen molar-refractivity contribution in [3.8, 4) is 0 Å². The predicted octanol–water partition coefficient (Wildman–Crippen LogP) is 0.804. The number of nitrogens with zero attached hydrogens (tertiary/aromatic N) is 4. The average molecular weight is 446 g/mol. The van der Waals surface area contributed by atoms with Crippen LogP contribution in [-0.2, 0) is 9.59 Å². The largest absolute Gasteiger partial charge is 0.481 e. The molecular weight excluding hydrogens is 416 g/mol. The summed E-state index contributed by atoms with van der Waals surface area (Å²) in [6.07, 6.45) is -3.12. The van der Waals surface area contributed by atoms with E-state index in [1.54, 1.807) is 0 Å². The molecule has 0 aliphatic carbocycles. The van der Waals surface area contributed by atoms with Crippen molar-refractivity contribution in [2.24, 2.45) is 0 Å². The Kier molecular flexibility index (Phi) is 10.9. The lowest BCUT2D eigenvalue weighted by Gasteiger charge is -2.30. The van der Waals surface area contributed by atoms with Gasteiger partial charge in [0.15, 0.2) is 0 Å². The van der Waals surface area contributed by atoms with Gasteiger partial charge in [0.1, 0.15) is 0 Å². The van der Waals surface area contributed by atoms with Crippen LogP contribution in [0.5, 0.6) is 0 Å². The molecule has 0 atom stereocenters. The second-order valence-electron chi connectivity index (χ2n) is 7.14. The van der Waals surface area contributed by atoms with Gasteiger partial charge < -0.3 is 40.0 Å². The van der Waals surface area contributed by atoms with Crippen molar-refractivity contribution in [1.29, 1.82) is 0 Å². The van der Waals surface area contributed by atoms with E-state index in [1.165, 1.54) is 4.90 Å². The third-order valence-corrected chi connectivity index (χ3v) is 4.94. The van der Waals surface area contributed by atoms with Gasteiger partial charge in [-0.1, -0.05) is 0 Å². The monoisotopic (exact) mass is 446 g/mol. The molecule has 0 saturated carbocycles. The van der Waals surface area contributed by atoms with Crippen LogP contribution < -0.4 is 0 Å². The molecule has 1 rings (SSSR count). The van der Waals surface area contributed by atoms with Gasteiger partial charge in [0.2, 0.25) is 5.91 Å². The summed E-state index contributed by atoms with van der Waals surface area (Å²) >= 11 is 0. The van der Waals surface area contributed by atoms with Crippen LogP contribution in [0.1, 0.15) is 32.1 Å². The van der Waals surface area contributed by atoms with E-state index in [1.807, 2.05) is 0 Å². The number of carbonyl (C=O) groups excluding carboxylic acids is 1. The van der Waals surface area contributed by atoms with Gasteiger partial charge in [-0.2, -0.15) is 0 Å². The first-order valence-corrected chi connectivity index (χ1v) is 10.0. The molecule has 176 valence electrons. The number of rotatable bonds is 4. The van der Waals surface area contributed by atoms with Crippen LogP contribution in [0.3, 0.4) is 0 Å². The van der Waals surface area contributed by atoms with E-state index < -0.39 is 24.2 Å². The number of carboxylic acids is 1. The van der Waals surface area contributed by atoms with E-state index in [-0.39, 0.29) is 90.4 Å². The minimum absolute atomic E-state index is 0.00438. The van der Waals surface area contributed by atoms with Crippen LogP contribution in [0.25, 0.3) is 0 Å². The molecule has 0 radical (unpaired) electrons. The molecule has 1 heterocycles. The fraction of sp³-hybridized carbons (Fsp3) is 0.722. The lowest BCUT2D eigenvalue weighted by Crippen LogP contribution is -2.45. The number of carbonyl (C=O) groups is 5. The van der Waals surface area contributed by atoms with E-state index in [9.17, 15) is 39.3 Å². The Morgan fingerprint density at radius 3 is 1.23 bits per heavy atom. The molecule has 13 nitrogen and oxygen atoms in total. The average Bonchev–Trinajstić information content (AvgIpc) is 2.67. The van der Waals surface area contributed by atoms with E-state index >= 15 is 0 Å². The third kappa shape index (κ3) is 9.87. The first-order valence-electron chi connectivity index (χ1n) is 10.0. The van der Waals surface area contributed by atoms with Crippen molar-refractivity contribution in [3.05, 3.63) is 0 Å². The van der Waals surface area contributed by atoms with Gasteiger partial charge in [0.25, 0.3) is 0 Å². The summed E-state index contributed by atoms with van der Waals surface area (Å²) in [6.45, 7) is 0.344. The Labute approximate surface area is 179 Å². The normalized spacial score (nSPS) is 17.0. The molecular formula is C18H30N4O9. The maximum absolute atomic E-state index is 12.5. The molecule has 31 heavy (non-hydrogen) atoms. The van der Waals surface area contributed by atoms with Gasteiger partial charge >= 0.3 is 24.2 Å². The minimum Gasteiger partial charge on any atom is -0.481 e. The van der Waals surface area contributed by atoms with Gasteiger partial charge in [-0.3, -0.25) is 9.59 Å². The molecule has 1 aliphatic rings. The standard InChI is InChI=1S/C18H30N4O9/c23-14(4-1-5-15(24)25)19-6-2-7-21(17(28)29)12-13-22(18(30)31)9-3-8-20(11-10-19)16(26)27/h1-13H2,(H,24,25)(H,26,27)(H,28,29)(H,30,31). The molecule has 0 unspecified atom stereocenters. The zero-order valence-electron chi connectivity index (χ0n) is 17.3. The minimum atomic E-state index is -1.21. The van der Waals surface area contributed by atoms with Gasteiger partial charge in [0, 0.05) is 65.2 Å². The number of amides is 4. The first kappa shape index (κ1) is 25.8. The lowest BCUT2D eigenvalue weighted by atomic mass is 10.2. The molecule has 4 amide bonds. The fourth-order valence-electron chi connectivity index (χ4n) is 3.21. The fourth-order valence-corrected chi connectivity index (χ4v) is 3.21. The third-order valence-electron chi connectivity index (χ3n) is 4.94. The first-order chi connectivity index (χ1) is 14.6. The van der Waals surface area contributed by atoms with Crippen LogP contribution in [0.2, 0.25) is 0 Å². The second-order valence-corrected chi connectivity index (χ2v) is 7.14. The maximum Gasteiger partial charge on any atom is 0.407 e. The molecule has 0 aromatic heterocycles. The van der Waals surface area contributed by atoms with E-state index in [2.05, 4.69) is 0 Å². The van der Waals surface area contributed by atoms with Crippen molar-refractivity contribution in [2.75, 3.05) is 52.4 Å². The number of hydrogen-bond donors (Lipinski definition) is 4. The molecule has 0 aromatic carbocycles. The number of aliphatic carboxylic acids is 1. The second kappa shape index (κ2) is 13.1. The highest BCUT2D eigenvalue weighted by Gasteiger charge is 2.22. The molecule has 4 N–H and O–H groups in total. The Morgan fingerprint density at radius 1 is 0.516 bits per heavy atom. The van der Waals surface area contributed by atoms with Gasteiger partial charge in [-0.25, -0.2) is 14.4 Å². The van der Waals surface area contributed by atoms with Crippen LogP contribution in [-0.4, -0.2) is 123 Å². The van der Waals surface area contributed by atoms with Crippen molar-refractivity contribution < 1.29 is 44.4 Å². The highest BCUT2D eigenvalue weighted by molar-refractivity contribution is 5.77. The van der Waals surface area contributed by atoms with Crippen molar-refractivity contribution in [2.45, 2.75) is 32.1 Å². The van der Waals surface area contributed by atoms with E-state index in [0.717, 1.165) is 14.7 Å². The lowest BCUT2D eigenvalue weighted by molar-refractivity contribution is -0.137. The summed E-state index contributed by atoms with van der Waals surface area (Å²) < 4.78 is 0.